The Morgan fingerprint density at radius 1 is 1.27 bits per heavy atom. The van der Waals surface area contributed by atoms with Crippen molar-refractivity contribution in [3.05, 3.63) is 49.3 Å². The van der Waals surface area contributed by atoms with Crippen molar-refractivity contribution >= 4 is 36.4 Å². The summed E-state index contributed by atoms with van der Waals surface area (Å²) < 4.78 is 32.0. The highest BCUT2D eigenvalue weighted by Crippen LogP contribution is 2.43. The lowest BCUT2D eigenvalue weighted by Gasteiger charge is -2.23. The van der Waals surface area contributed by atoms with Gasteiger partial charge in [0.15, 0.2) is 17.0 Å². The predicted molar refractivity (Wildman–Crippen MR) is 144 cm³/mol. The van der Waals surface area contributed by atoms with E-state index in [9.17, 15) is 9.36 Å². The fraction of sp³-hybridized carbons (Fsp3) is 0.417. The molecule has 0 saturated carbocycles. The maximum Gasteiger partial charge on any atom is 0.342 e. The Hall–Kier alpha value is -3.47. The summed E-state index contributed by atoms with van der Waals surface area (Å²) in [5.41, 5.74) is 6.95. The molecule has 37 heavy (non-hydrogen) atoms. The molecule has 202 valence electrons. The lowest BCUT2D eigenvalue weighted by Crippen LogP contribution is -2.35. The third-order valence-electron chi connectivity index (χ3n) is 4.82. The van der Waals surface area contributed by atoms with Gasteiger partial charge in [-0.2, -0.15) is 9.97 Å². The number of benzene rings is 1. The lowest BCUT2D eigenvalue weighted by atomic mass is 10.3. The molecule has 0 aliphatic carbocycles. The number of imidazole rings is 1. The average molecular weight is 534 g/mol. The van der Waals surface area contributed by atoms with Gasteiger partial charge in [0.25, 0.3) is 0 Å². The van der Waals surface area contributed by atoms with Crippen molar-refractivity contribution < 1.29 is 23.4 Å². The average Bonchev–Trinajstić information content (AvgIpc) is 3.26. The Bertz CT molecular complexity index is 1200. The molecule has 1 aromatic carbocycles. The van der Waals surface area contributed by atoms with E-state index < -0.39 is 19.5 Å². The number of carbonyl (C=O) groups excluding carboxylic acids is 1. The van der Waals surface area contributed by atoms with Gasteiger partial charge in [0.2, 0.25) is 5.95 Å². The molecule has 0 aliphatic heterocycles. The van der Waals surface area contributed by atoms with Crippen LogP contribution >= 0.6 is 7.52 Å². The zero-order valence-corrected chi connectivity index (χ0v) is 21.3. The van der Waals surface area contributed by atoms with Gasteiger partial charge < -0.3 is 29.6 Å². The van der Waals surface area contributed by atoms with Gasteiger partial charge in [-0.05, 0) is 25.5 Å². The number of anilines is 2. The van der Waals surface area contributed by atoms with Crippen molar-refractivity contribution in [2.45, 2.75) is 40.3 Å². The Kier molecular flexibility index (Phi) is 11.5. The number of nitrogens with zero attached hydrogens (tertiary/aromatic N) is 4. The Labute approximate surface area is 217 Å². The van der Waals surface area contributed by atoms with Crippen molar-refractivity contribution in [3.8, 4) is 5.75 Å². The van der Waals surface area contributed by atoms with Crippen molar-refractivity contribution in [1.29, 1.82) is 0 Å². The minimum Gasteiger partial charge on any atom is -0.465 e. The van der Waals surface area contributed by atoms with E-state index in [1.165, 1.54) is 0 Å². The molecule has 0 saturated heterocycles. The molecule has 12 nitrogen and oxygen atoms in total. The van der Waals surface area contributed by atoms with Gasteiger partial charge >= 0.3 is 13.5 Å². The number of hydrogen-bond donors (Lipinski definition) is 3. The number of hydrogen-bond acceptors (Lipinski definition) is 10. The van der Waals surface area contributed by atoms with Gasteiger partial charge in [-0.25, -0.2) is 10.1 Å². The van der Waals surface area contributed by atoms with Crippen LogP contribution in [0.1, 0.15) is 27.7 Å². The number of carbonyl (C=O) groups is 1. The SMILES string of the molecule is C.C=CCNc1nc(N)nc2c1ncn2CCOCP(=O)(NC(C)C(=O)OCCC)Oc1ccccc1. The van der Waals surface area contributed by atoms with Crippen LogP contribution in [0, 0.1) is 0 Å². The Balaban J connectivity index is 0.00000481. The van der Waals surface area contributed by atoms with Crippen molar-refractivity contribution in [1.82, 2.24) is 24.6 Å². The molecular weight excluding hydrogens is 497 g/mol. The zero-order chi connectivity index (χ0) is 26.0. The summed E-state index contributed by atoms with van der Waals surface area (Å²) in [6.07, 6.45) is 3.71. The topological polar surface area (TPSA) is 156 Å². The molecule has 2 heterocycles. The summed E-state index contributed by atoms with van der Waals surface area (Å²) in [5, 5.41) is 5.86. The maximum atomic E-state index is 13.6. The van der Waals surface area contributed by atoms with Crippen LogP contribution in [0.25, 0.3) is 11.2 Å². The molecule has 3 aromatic rings. The second-order valence-electron chi connectivity index (χ2n) is 7.84. The molecular formula is C24H36N7O5P. The molecule has 0 aliphatic rings. The molecule has 2 unspecified atom stereocenters. The smallest absolute Gasteiger partial charge is 0.342 e. The van der Waals surface area contributed by atoms with E-state index >= 15 is 0 Å². The molecule has 0 radical (unpaired) electrons. The van der Waals surface area contributed by atoms with Crippen molar-refractivity contribution in [3.63, 3.8) is 0 Å². The maximum absolute atomic E-state index is 13.6. The molecule has 2 aromatic heterocycles. The largest absolute Gasteiger partial charge is 0.465 e. The van der Waals surface area contributed by atoms with E-state index in [-0.39, 0.29) is 32.9 Å². The minimum absolute atomic E-state index is 0. The quantitative estimate of drug-likeness (QED) is 0.113. The second-order valence-corrected chi connectivity index (χ2v) is 9.89. The number of ether oxygens (including phenoxy) is 2. The molecule has 0 fully saturated rings. The van der Waals surface area contributed by atoms with Crippen LogP contribution in [0.2, 0.25) is 0 Å². The van der Waals surface area contributed by atoms with Gasteiger partial charge in [-0.3, -0.25) is 9.36 Å². The van der Waals surface area contributed by atoms with Gasteiger partial charge in [0.1, 0.15) is 18.1 Å². The monoisotopic (exact) mass is 533 g/mol. The number of nitrogens with one attached hydrogen (secondary N) is 2. The highest BCUT2D eigenvalue weighted by molar-refractivity contribution is 7.57. The first kappa shape index (κ1) is 29.8. The molecule has 3 rings (SSSR count). The third-order valence-corrected chi connectivity index (χ3v) is 6.63. The van der Waals surface area contributed by atoms with E-state index in [0.717, 1.165) is 0 Å². The van der Waals surface area contributed by atoms with E-state index in [4.69, 9.17) is 19.7 Å². The van der Waals surface area contributed by atoms with Crippen LogP contribution in [0.4, 0.5) is 11.8 Å². The first-order chi connectivity index (χ1) is 17.3. The summed E-state index contributed by atoms with van der Waals surface area (Å²) in [4.78, 5) is 25.0. The Morgan fingerprint density at radius 3 is 2.73 bits per heavy atom. The summed E-state index contributed by atoms with van der Waals surface area (Å²) >= 11 is 0. The first-order valence-electron chi connectivity index (χ1n) is 11.5. The zero-order valence-electron chi connectivity index (χ0n) is 20.4. The van der Waals surface area contributed by atoms with Crippen LogP contribution in [-0.2, 0) is 25.4 Å². The van der Waals surface area contributed by atoms with E-state index in [1.54, 1.807) is 48.2 Å². The first-order valence-corrected chi connectivity index (χ1v) is 13.3. The van der Waals surface area contributed by atoms with Gasteiger partial charge in [0, 0.05) is 13.1 Å². The van der Waals surface area contributed by atoms with Crippen LogP contribution in [0.3, 0.4) is 0 Å². The summed E-state index contributed by atoms with van der Waals surface area (Å²) in [6, 6.07) is 7.83. The fourth-order valence-corrected chi connectivity index (χ4v) is 4.89. The number of fused-ring (bicyclic) bond motifs is 1. The number of nitrogen functional groups attached to an aromatic ring is 1. The second kappa shape index (κ2) is 14.3. The highest BCUT2D eigenvalue weighted by Gasteiger charge is 2.31. The minimum atomic E-state index is -3.63. The van der Waals surface area contributed by atoms with Crippen LogP contribution in [0.5, 0.6) is 5.75 Å². The van der Waals surface area contributed by atoms with Crippen LogP contribution < -0.4 is 20.7 Å². The molecule has 4 N–H and O–H groups in total. The highest BCUT2D eigenvalue weighted by atomic mass is 31.2. The number of rotatable bonds is 15. The predicted octanol–water partition coefficient (Wildman–Crippen LogP) is 3.82. The summed E-state index contributed by atoms with van der Waals surface area (Å²) in [5.74, 6) is 0.478. The number of esters is 1. The number of nitrogens with two attached hydrogens (primary N) is 1. The lowest BCUT2D eigenvalue weighted by molar-refractivity contribution is -0.145. The summed E-state index contributed by atoms with van der Waals surface area (Å²) in [7, 11) is -3.63. The van der Waals surface area contributed by atoms with Crippen LogP contribution in [0.15, 0.2) is 49.3 Å². The molecule has 2 atom stereocenters. The van der Waals surface area contributed by atoms with E-state index in [0.29, 0.717) is 42.2 Å². The number of para-hydroxylation sites is 1. The van der Waals surface area contributed by atoms with Crippen molar-refractivity contribution in [2.24, 2.45) is 0 Å². The molecule has 0 amide bonds. The number of aromatic nitrogens is 4. The molecule has 0 bridgehead atoms. The van der Waals surface area contributed by atoms with E-state index in [1.807, 2.05) is 13.0 Å². The van der Waals surface area contributed by atoms with Crippen molar-refractivity contribution in [2.75, 3.05) is 37.2 Å². The van der Waals surface area contributed by atoms with Crippen LogP contribution in [-0.4, -0.2) is 57.6 Å². The summed E-state index contributed by atoms with van der Waals surface area (Å²) in [6.45, 7) is 8.44. The Morgan fingerprint density at radius 2 is 2.03 bits per heavy atom. The van der Waals surface area contributed by atoms with Gasteiger partial charge in [-0.15, -0.1) is 6.58 Å². The fourth-order valence-electron chi connectivity index (χ4n) is 3.18. The normalized spacial score (nSPS) is 13.2. The standard InChI is InChI=1S/C23H32N7O5P.CH4/c1-4-11-25-20-19-21(28-23(24)27-20)30(15-26-19)12-14-33-16-36(32,35-18-9-7-6-8-10-18)29-17(3)22(31)34-13-5-2;/h4,6-10,15,17H,1,5,11-14,16H2,2-3H3,(H,29,32)(H3,24,25,27,28);1H4. The van der Waals surface area contributed by atoms with E-state index in [2.05, 4.69) is 31.9 Å². The van der Waals surface area contributed by atoms with Gasteiger partial charge in [0.05, 0.1) is 19.5 Å². The van der Waals surface area contributed by atoms with Gasteiger partial charge in [-0.1, -0.05) is 38.6 Å². The molecule has 0 spiro atoms. The third kappa shape index (κ3) is 8.56. The molecule has 13 heteroatoms.